The first-order valence-electron chi connectivity index (χ1n) is 8.10. The van der Waals surface area contributed by atoms with Crippen LogP contribution in [0.2, 0.25) is 18.1 Å². The Morgan fingerprint density at radius 1 is 1.04 bits per heavy atom. The molecule has 0 aromatic heterocycles. The fourth-order valence-corrected chi connectivity index (χ4v) is 3.14. The minimum atomic E-state index is -1.78. The molecule has 0 amide bonds. The molecule has 0 aliphatic heterocycles. The van der Waals surface area contributed by atoms with Gasteiger partial charge in [0.05, 0.1) is 6.61 Å². The molecule has 0 N–H and O–H groups in total. The van der Waals surface area contributed by atoms with Gasteiger partial charge in [-0.05, 0) is 47.8 Å². The molecule has 0 aliphatic rings. The van der Waals surface area contributed by atoms with E-state index in [9.17, 15) is 4.39 Å². The van der Waals surface area contributed by atoms with Crippen LogP contribution in [0.25, 0.3) is 11.1 Å². The van der Waals surface area contributed by atoms with Crippen LogP contribution in [0.15, 0.2) is 42.5 Å². The number of aryl methyl sites for hydroxylation is 1. The highest BCUT2D eigenvalue weighted by Crippen LogP contribution is 2.37. The predicted molar refractivity (Wildman–Crippen MR) is 98.6 cm³/mol. The molecule has 0 unspecified atom stereocenters. The van der Waals surface area contributed by atoms with Crippen LogP contribution in [0.4, 0.5) is 4.39 Å². The van der Waals surface area contributed by atoms with Crippen molar-refractivity contribution in [3.8, 4) is 11.1 Å². The molecule has 0 spiro atoms. The Bertz CT molecular complexity index is 686. The van der Waals surface area contributed by atoms with Gasteiger partial charge in [-0.2, -0.15) is 0 Å². The molecule has 3 heteroatoms. The Hall–Kier alpha value is -1.45. The van der Waals surface area contributed by atoms with Crippen LogP contribution in [0.3, 0.4) is 0 Å². The second kappa shape index (κ2) is 6.58. The Balaban J connectivity index is 2.23. The summed E-state index contributed by atoms with van der Waals surface area (Å²) in [6, 6.07) is 13.5. The number of rotatable bonds is 4. The third-order valence-electron chi connectivity index (χ3n) is 4.84. The first-order chi connectivity index (χ1) is 10.6. The molecule has 2 aromatic rings. The van der Waals surface area contributed by atoms with Crippen LogP contribution in [0, 0.1) is 12.7 Å². The summed E-state index contributed by atoms with van der Waals surface area (Å²) >= 11 is 0. The van der Waals surface area contributed by atoms with E-state index >= 15 is 0 Å². The van der Waals surface area contributed by atoms with Gasteiger partial charge >= 0.3 is 0 Å². The smallest absolute Gasteiger partial charge is 0.192 e. The number of hydrogen-bond acceptors (Lipinski definition) is 1. The Morgan fingerprint density at radius 3 is 2.35 bits per heavy atom. The fourth-order valence-electron chi connectivity index (χ4n) is 2.18. The largest absolute Gasteiger partial charge is 0.413 e. The molecule has 0 radical (unpaired) electrons. The maximum absolute atomic E-state index is 14.3. The van der Waals surface area contributed by atoms with Crippen molar-refractivity contribution >= 4 is 8.32 Å². The third-order valence-corrected chi connectivity index (χ3v) is 9.31. The van der Waals surface area contributed by atoms with Gasteiger partial charge in [-0.15, -0.1) is 0 Å². The van der Waals surface area contributed by atoms with Crippen molar-refractivity contribution in [1.29, 1.82) is 0 Å². The fraction of sp³-hybridized carbons (Fsp3) is 0.400. The van der Waals surface area contributed by atoms with Crippen LogP contribution in [-0.4, -0.2) is 8.32 Å². The molecule has 0 saturated heterocycles. The zero-order chi connectivity index (χ0) is 17.3. The van der Waals surface area contributed by atoms with E-state index in [2.05, 4.69) is 33.9 Å². The Kier molecular flexibility index (Phi) is 5.12. The van der Waals surface area contributed by atoms with Gasteiger partial charge in [0.1, 0.15) is 5.82 Å². The molecule has 0 bridgehead atoms. The molecule has 1 nitrogen and oxygen atoms in total. The minimum absolute atomic E-state index is 0.144. The number of halogens is 1. The van der Waals surface area contributed by atoms with E-state index in [0.29, 0.717) is 17.7 Å². The summed E-state index contributed by atoms with van der Waals surface area (Å²) in [6.45, 7) is 13.6. The van der Waals surface area contributed by atoms with Gasteiger partial charge in [-0.1, -0.05) is 57.2 Å². The second-order valence-electron chi connectivity index (χ2n) is 7.69. The van der Waals surface area contributed by atoms with E-state index in [4.69, 9.17) is 4.43 Å². The van der Waals surface area contributed by atoms with Crippen molar-refractivity contribution in [3.05, 3.63) is 59.4 Å². The topological polar surface area (TPSA) is 9.23 Å². The van der Waals surface area contributed by atoms with Gasteiger partial charge in [0.2, 0.25) is 0 Å². The van der Waals surface area contributed by atoms with Gasteiger partial charge in [0, 0.05) is 5.56 Å². The molecule has 0 heterocycles. The summed E-state index contributed by atoms with van der Waals surface area (Å²) in [4.78, 5) is 0. The maximum atomic E-state index is 14.3. The lowest BCUT2D eigenvalue weighted by atomic mass is 10.0. The van der Waals surface area contributed by atoms with E-state index in [-0.39, 0.29) is 10.9 Å². The zero-order valence-corrected chi connectivity index (χ0v) is 16.0. The van der Waals surface area contributed by atoms with Crippen molar-refractivity contribution in [3.63, 3.8) is 0 Å². The molecule has 0 saturated carbocycles. The van der Waals surface area contributed by atoms with Crippen molar-refractivity contribution in [1.82, 2.24) is 0 Å². The average Bonchev–Trinajstić information content (AvgIpc) is 2.47. The van der Waals surface area contributed by atoms with Crippen LogP contribution in [0.5, 0.6) is 0 Å². The number of hydrogen-bond donors (Lipinski definition) is 0. The number of benzene rings is 2. The summed E-state index contributed by atoms with van der Waals surface area (Å²) in [6.07, 6.45) is 0. The standard InChI is InChI=1S/C20H27FOSi/c1-15-9-7-12-18(19(15)21)17-11-8-10-16(13-17)14-22-23(5,6)20(2,3)4/h7-13H,14H2,1-6H3. The summed E-state index contributed by atoms with van der Waals surface area (Å²) in [5.41, 5.74) is 3.32. The first kappa shape index (κ1) is 17.9. The highest BCUT2D eigenvalue weighted by atomic mass is 28.4. The van der Waals surface area contributed by atoms with Gasteiger partial charge in [0.25, 0.3) is 0 Å². The van der Waals surface area contributed by atoms with Gasteiger partial charge < -0.3 is 4.43 Å². The maximum Gasteiger partial charge on any atom is 0.192 e. The highest BCUT2D eigenvalue weighted by molar-refractivity contribution is 6.74. The molecule has 0 fully saturated rings. The lowest BCUT2D eigenvalue weighted by Gasteiger charge is -2.36. The summed E-state index contributed by atoms with van der Waals surface area (Å²) in [7, 11) is -1.78. The van der Waals surface area contributed by atoms with E-state index in [1.165, 1.54) is 0 Å². The molecule has 2 aromatic carbocycles. The van der Waals surface area contributed by atoms with Gasteiger partial charge in [-0.3, -0.25) is 0 Å². The van der Waals surface area contributed by atoms with Crippen LogP contribution >= 0.6 is 0 Å². The SMILES string of the molecule is Cc1cccc(-c2cccc(CO[Si](C)(C)C(C)(C)C)c2)c1F. The van der Waals surface area contributed by atoms with E-state index < -0.39 is 8.32 Å². The van der Waals surface area contributed by atoms with Crippen LogP contribution in [0.1, 0.15) is 31.9 Å². The molecule has 124 valence electrons. The lowest BCUT2D eigenvalue weighted by molar-refractivity contribution is 0.276. The Morgan fingerprint density at radius 2 is 1.70 bits per heavy atom. The summed E-state index contributed by atoms with van der Waals surface area (Å²) in [5, 5.41) is 0.188. The predicted octanol–water partition coefficient (Wildman–Crippen LogP) is 6.32. The van der Waals surface area contributed by atoms with Crippen LogP contribution in [-0.2, 0) is 11.0 Å². The molecular formula is C20H27FOSi. The van der Waals surface area contributed by atoms with Crippen molar-refractivity contribution < 1.29 is 8.82 Å². The van der Waals surface area contributed by atoms with Gasteiger partial charge in [-0.25, -0.2) is 4.39 Å². The molecule has 2 rings (SSSR count). The highest BCUT2D eigenvalue weighted by Gasteiger charge is 2.36. The monoisotopic (exact) mass is 330 g/mol. The zero-order valence-electron chi connectivity index (χ0n) is 15.0. The molecule has 0 atom stereocenters. The average molecular weight is 331 g/mol. The van der Waals surface area contributed by atoms with Gasteiger partial charge in [0.15, 0.2) is 8.32 Å². The summed E-state index contributed by atoms with van der Waals surface area (Å²) < 4.78 is 20.6. The van der Waals surface area contributed by atoms with E-state index in [1.54, 1.807) is 13.0 Å². The molecule has 0 aliphatic carbocycles. The first-order valence-corrected chi connectivity index (χ1v) is 11.0. The Labute approximate surface area is 140 Å². The quantitative estimate of drug-likeness (QED) is 0.596. The lowest BCUT2D eigenvalue weighted by Crippen LogP contribution is -2.40. The molecular weight excluding hydrogens is 303 g/mol. The second-order valence-corrected chi connectivity index (χ2v) is 12.5. The van der Waals surface area contributed by atoms with E-state index in [0.717, 1.165) is 11.1 Å². The van der Waals surface area contributed by atoms with Crippen molar-refractivity contribution in [2.75, 3.05) is 0 Å². The summed E-state index contributed by atoms with van der Waals surface area (Å²) in [5.74, 6) is -0.144. The van der Waals surface area contributed by atoms with Crippen molar-refractivity contribution in [2.24, 2.45) is 0 Å². The third kappa shape index (κ3) is 4.09. The van der Waals surface area contributed by atoms with Crippen LogP contribution < -0.4 is 0 Å². The normalized spacial score (nSPS) is 12.5. The van der Waals surface area contributed by atoms with Crippen molar-refractivity contribution in [2.45, 2.75) is 52.4 Å². The molecule has 23 heavy (non-hydrogen) atoms. The minimum Gasteiger partial charge on any atom is -0.413 e. The van der Waals surface area contributed by atoms with E-state index in [1.807, 2.05) is 36.4 Å².